The predicted molar refractivity (Wildman–Crippen MR) is 94.1 cm³/mol. The van der Waals surface area contributed by atoms with Crippen LogP contribution in [0.2, 0.25) is 0 Å². The molecule has 158 valence electrons. The van der Waals surface area contributed by atoms with Gasteiger partial charge in [0.25, 0.3) is 0 Å². The molecule has 12 heteroatoms. The zero-order valence-corrected chi connectivity index (χ0v) is 15.6. The van der Waals surface area contributed by atoms with Gasteiger partial charge in [0.1, 0.15) is 18.1 Å². The Labute approximate surface area is 161 Å². The first-order chi connectivity index (χ1) is 13.0. The van der Waals surface area contributed by atoms with E-state index in [1.54, 1.807) is 0 Å². The number of rotatable bonds is 10. The van der Waals surface area contributed by atoms with Crippen LogP contribution in [0.4, 0.5) is 0 Å². The van der Waals surface area contributed by atoms with Crippen molar-refractivity contribution >= 4 is 29.7 Å². The first-order valence-corrected chi connectivity index (χ1v) is 8.80. The van der Waals surface area contributed by atoms with Gasteiger partial charge in [0.15, 0.2) is 0 Å². The molecule has 1 saturated heterocycles. The fraction of sp³-hybridized carbons (Fsp3) is 0.688. The highest BCUT2D eigenvalue weighted by Gasteiger charge is 2.32. The van der Waals surface area contributed by atoms with E-state index in [9.17, 15) is 29.1 Å². The van der Waals surface area contributed by atoms with Crippen molar-refractivity contribution in [3.8, 4) is 0 Å². The number of aliphatic hydroxyl groups is 1. The van der Waals surface area contributed by atoms with Crippen LogP contribution in [0.5, 0.6) is 0 Å². The number of hydrogen-bond donors (Lipinski definition) is 7. The van der Waals surface area contributed by atoms with E-state index < -0.39 is 60.4 Å². The number of aliphatic carboxylic acids is 2. The summed E-state index contributed by atoms with van der Waals surface area (Å²) in [4.78, 5) is 58.3. The van der Waals surface area contributed by atoms with E-state index in [2.05, 4.69) is 16.0 Å². The van der Waals surface area contributed by atoms with Crippen molar-refractivity contribution in [2.45, 2.75) is 63.4 Å². The highest BCUT2D eigenvalue weighted by molar-refractivity contribution is 5.94. The molecule has 1 fully saturated rings. The Morgan fingerprint density at radius 1 is 1.04 bits per heavy atom. The number of carbonyl (C=O) groups is 5. The van der Waals surface area contributed by atoms with Crippen LogP contribution in [0.1, 0.15) is 33.1 Å². The van der Waals surface area contributed by atoms with Gasteiger partial charge in [-0.25, -0.2) is 4.79 Å². The fourth-order valence-corrected chi connectivity index (χ4v) is 2.61. The number of carboxylic acid groups (broad SMARTS) is 2. The van der Waals surface area contributed by atoms with Crippen LogP contribution in [0.25, 0.3) is 0 Å². The summed E-state index contributed by atoms with van der Waals surface area (Å²) in [5.41, 5.74) is 0. The predicted octanol–water partition coefficient (Wildman–Crippen LogP) is -2.85. The Kier molecular flexibility index (Phi) is 8.79. The monoisotopic (exact) mass is 402 g/mol. The number of aliphatic hydroxyl groups excluding tert-OH is 1. The molecule has 1 aliphatic heterocycles. The van der Waals surface area contributed by atoms with E-state index >= 15 is 0 Å². The molecular formula is C16H26N4O8. The largest absolute Gasteiger partial charge is 0.481 e. The molecule has 0 aromatic carbocycles. The minimum absolute atomic E-state index is 0.370. The van der Waals surface area contributed by atoms with Crippen molar-refractivity contribution in [2.24, 2.45) is 0 Å². The summed E-state index contributed by atoms with van der Waals surface area (Å²) in [5, 5.41) is 37.1. The normalized spacial score (nSPS) is 20.3. The lowest BCUT2D eigenvalue weighted by Gasteiger charge is -2.25. The van der Waals surface area contributed by atoms with Gasteiger partial charge in [-0.1, -0.05) is 0 Å². The van der Waals surface area contributed by atoms with Gasteiger partial charge in [0, 0.05) is 0 Å². The third kappa shape index (κ3) is 7.12. The highest BCUT2D eigenvalue weighted by atomic mass is 16.4. The molecule has 1 heterocycles. The average molecular weight is 402 g/mol. The van der Waals surface area contributed by atoms with Crippen LogP contribution < -0.4 is 21.3 Å². The number of carbonyl (C=O) groups excluding carboxylic acids is 3. The van der Waals surface area contributed by atoms with Crippen molar-refractivity contribution < 1.29 is 39.3 Å². The molecule has 0 aromatic rings. The summed E-state index contributed by atoms with van der Waals surface area (Å²) < 4.78 is 0. The summed E-state index contributed by atoms with van der Waals surface area (Å²) in [6.07, 6.45) is -0.798. The smallest absolute Gasteiger partial charge is 0.326 e. The molecular weight excluding hydrogens is 376 g/mol. The maximum atomic E-state index is 12.3. The van der Waals surface area contributed by atoms with E-state index in [1.807, 2.05) is 5.32 Å². The summed E-state index contributed by atoms with van der Waals surface area (Å²) >= 11 is 0. The quantitative estimate of drug-likeness (QED) is 0.201. The van der Waals surface area contributed by atoms with Gasteiger partial charge in [0.05, 0.1) is 18.6 Å². The lowest BCUT2D eigenvalue weighted by Crippen LogP contribution is -2.59. The van der Waals surface area contributed by atoms with Crippen LogP contribution >= 0.6 is 0 Å². The minimum atomic E-state index is -1.73. The first kappa shape index (κ1) is 23.3. The van der Waals surface area contributed by atoms with Crippen molar-refractivity contribution in [3.05, 3.63) is 0 Å². The van der Waals surface area contributed by atoms with Crippen LogP contribution in [0.15, 0.2) is 0 Å². The molecule has 5 atom stereocenters. The molecule has 0 bridgehead atoms. The summed E-state index contributed by atoms with van der Waals surface area (Å²) in [6.45, 7) is 3.29. The van der Waals surface area contributed by atoms with Gasteiger partial charge >= 0.3 is 11.9 Å². The Morgan fingerprint density at radius 2 is 1.68 bits per heavy atom. The minimum Gasteiger partial charge on any atom is -0.481 e. The molecule has 3 amide bonds. The second kappa shape index (κ2) is 10.6. The lowest BCUT2D eigenvalue weighted by molar-refractivity contribution is -0.147. The molecule has 1 aliphatic rings. The van der Waals surface area contributed by atoms with E-state index in [0.717, 1.165) is 6.42 Å². The van der Waals surface area contributed by atoms with Crippen LogP contribution in [-0.2, 0) is 24.0 Å². The zero-order chi connectivity index (χ0) is 21.4. The molecule has 28 heavy (non-hydrogen) atoms. The summed E-state index contributed by atoms with van der Waals surface area (Å²) in [5.74, 6) is -5.21. The summed E-state index contributed by atoms with van der Waals surface area (Å²) in [6, 6.07) is -4.68. The number of amides is 3. The fourth-order valence-electron chi connectivity index (χ4n) is 2.61. The third-order valence-corrected chi connectivity index (χ3v) is 4.18. The second-order valence-electron chi connectivity index (χ2n) is 6.60. The van der Waals surface area contributed by atoms with E-state index in [4.69, 9.17) is 10.2 Å². The van der Waals surface area contributed by atoms with Crippen molar-refractivity contribution in [1.82, 2.24) is 21.3 Å². The Morgan fingerprint density at radius 3 is 2.14 bits per heavy atom. The molecule has 12 nitrogen and oxygen atoms in total. The van der Waals surface area contributed by atoms with Crippen molar-refractivity contribution in [1.29, 1.82) is 0 Å². The van der Waals surface area contributed by atoms with E-state index in [0.29, 0.717) is 13.0 Å². The summed E-state index contributed by atoms with van der Waals surface area (Å²) in [7, 11) is 0. The number of hydrogen-bond acceptors (Lipinski definition) is 7. The van der Waals surface area contributed by atoms with E-state index in [1.165, 1.54) is 13.8 Å². The van der Waals surface area contributed by atoms with Crippen molar-refractivity contribution in [2.75, 3.05) is 6.54 Å². The van der Waals surface area contributed by atoms with Gasteiger partial charge in [-0.2, -0.15) is 0 Å². The van der Waals surface area contributed by atoms with Crippen molar-refractivity contribution in [3.63, 3.8) is 0 Å². The van der Waals surface area contributed by atoms with Crippen LogP contribution in [-0.4, -0.2) is 81.8 Å². The average Bonchev–Trinajstić information content (AvgIpc) is 3.12. The molecule has 7 N–H and O–H groups in total. The maximum absolute atomic E-state index is 12.3. The zero-order valence-electron chi connectivity index (χ0n) is 15.6. The van der Waals surface area contributed by atoms with Gasteiger partial charge in [0.2, 0.25) is 17.7 Å². The van der Waals surface area contributed by atoms with Crippen LogP contribution in [0.3, 0.4) is 0 Å². The van der Waals surface area contributed by atoms with Gasteiger partial charge in [-0.3, -0.25) is 19.2 Å². The third-order valence-electron chi connectivity index (χ3n) is 4.18. The Bertz CT molecular complexity index is 618. The van der Waals surface area contributed by atoms with Gasteiger partial charge in [-0.15, -0.1) is 0 Å². The number of nitrogens with one attached hydrogen (secondary N) is 4. The molecule has 0 spiro atoms. The first-order valence-electron chi connectivity index (χ1n) is 8.80. The highest BCUT2D eigenvalue weighted by Crippen LogP contribution is 2.05. The maximum Gasteiger partial charge on any atom is 0.326 e. The lowest BCUT2D eigenvalue weighted by atomic mass is 10.1. The molecule has 0 aromatic heterocycles. The topological polar surface area (TPSA) is 194 Å². The van der Waals surface area contributed by atoms with E-state index in [-0.39, 0.29) is 5.91 Å². The Hall–Kier alpha value is -2.73. The van der Waals surface area contributed by atoms with Gasteiger partial charge in [-0.05, 0) is 33.2 Å². The molecule has 0 saturated carbocycles. The number of carboxylic acids is 2. The second-order valence-corrected chi connectivity index (χ2v) is 6.60. The van der Waals surface area contributed by atoms with Gasteiger partial charge < -0.3 is 36.6 Å². The molecule has 0 radical (unpaired) electrons. The Balaban J connectivity index is 2.69. The standard InChI is InChI=1S/C16H26N4O8/c1-7(18-14(25)9-4-3-5-17-9)13(24)20-12(8(2)21)15(26)19-10(16(27)28)6-11(22)23/h7-10,12,17,21H,3-6H2,1-2H3,(H,18,25)(H,19,26)(H,20,24)(H,22,23)(H,27,28). The SMILES string of the molecule is CC(NC(=O)C1CCCN1)C(=O)NC(C(=O)NC(CC(=O)O)C(=O)O)C(C)O. The molecule has 1 rings (SSSR count). The molecule has 5 unspecified atom stereocenters. The van der Waals surface area contributed by atoms with Crippen LogP contribution in [0, 0.1) is 0 Å². The molecule has 0 aliphatic carbocycles.